The fraction of sp³-hybridized carbons (Fsp3) is 0.429. The van der Waals surface area contributed by atoms with Crippen LogP contribution in [0.3, 0.4) is 0 Å². The summed E-state index contributed by atoms with van der Waals surface area (Å²) in [6.45, 7) is 2.47. The van der Waals surface area contributed by atoms with E-state index in [9.17, 15) is 18.4 Å². The van der Waals surface area contributed by atoms with Crippen molar-refractivity contribution >= 4 is 18.0 Å². The molecule has 2 aromatic rings. The van der Waals surface area contributed by atoms with Crippen LogP contribution in [0.25, 0.3) is 11.1 Å². The Morgan fingerprint density at radius 2 is 2.00 bits per heavy atom. The Hall–Kier alpha value is -2.94. The van der Waals surface area contributed by atoms with E-state index in [0.717, 1.165) is 13.1 Å². The number of aldehydes is 1. The van der Waals surface area contributed by atoms with Crippen LogP contribution < -0.4 is 9.64 Å². The molecule has 2 aromatic heterocycles. The van der Waals surface area contributed by atoms with Crippen LogP contribution in [-0.4, -0.2) is 60.4 Å². The fourth-order valence-corrected chi connectivity index (χ4v) is 3.67. The van der Waals surface area contributed by atoms with E-state index in [2.05, 4.69) is 14.9 Å². The molecule has 1 saturated carbocycles. The average Bonchev–Trinajstić information content (AvgIpc) is 3.57. The van der Waals surface area contributed by atoms with Crippen molar-refractivity contribution in [2.75, 3.05) is 38.2 Å². The van der Waals surface area contributed by atoms with Crippen molar-refractivity contribution in [1.82, 2.24) is 14.9 Å². The van der Waals surface area contributed by atoms with E-state index < -0.39 is 12.1 Å². The number of hydrogen-bond acceptors (Lipinski definition) is 6. The standard InChI is InChI=1S/C21H22F2N4O3/c1-30-18-9-24-17(21(22)23)6-16(18)15-7-19(25-8-14(15)12-28)27-5-4-26(11-20(27)29)10-13-2-3-13/h6-9,12-13,21H,2-5,10-11H2,1H3. The molecular weight excluding hydrogens is 394 g/mol. The largest absolute Gasteiger partial charge is 0.494 e. The highest BCUT2D eigenvalue weighted by atomic mass is 19.3. The number of pyridine rings is 2. The third-order valence-electron chi connectivity index (χ3n) is 5.46. The normalized spacial score (nSPS) is 17.5. The minimum Gasteiger partial charge on any atom is -0.494 e. The smallest absolute Gasteiger partial charge is 0.280 e. The molecule has 2 fully saturated rings. The molecule has 30 heavy (non-hydrogen) atoms. The molecule has 0 unspecified atom stereocenters. The summed E-state index contributed by atoms with van der Waals surface area (Å²) in [5.74, 6) is 1.25. The lowest BCUT2D eigenvalue weighted by atomic mass is 10.0. The van der Waals surface area contributed by atoms with Gasteiger partial charge in [-0.25, -0.2) is 13.8 Å². The average molecular weight is 416 g/mol. The summed E-state index contributed by atoms with van der Waals surface area (Å²) in [5.41, 5.74) is 0.451. The third-order valence-corrected chi connectivity index (χ3v) is 5.46. The first kappa shape index (κ1) is 20.3. The van der Waals surface area contributed by atoms with E-state index >= 15 is 0 Å². The fourth-order valence-electron chi connectivity index (χ4n) is 3.67. The Balaban J connectivity index is 1.67. The molecule has 0 radical (unpaired) electrons. The van der Waals surface area contributed by atoms with Crippen LogP contribution >= 0.6 is 0 Å². The van der Waals surface area contributed by atoms with E-state index in [0.29, 0.717) is 42.2 Å². The van der Waals surface area contributed by atoms with Crippen LogP contribution in [0.2, 0.25) is 0 Å². The van der Waals surface area contributed by atoms with Gasteiger partial charge in [-0.15, -0.1) is 0 Å². The van der Waals surface area contributed by atoms with Gasteiger partial charge in [-0.2, -0.15) is 0 Å². The van der Waals surface area contributed by atoms with Crippen LogP contribution in [0.4, 0.5) is 14.6 Å². The Morgan fingerprint density at radius 1 is 1.20 bits per heavy atom. The molecule has 158 valence electrons. The Morgan fingerprint density at radius 3 is 2.63 bits per heavy atom. The monoisotopic (exact) mass is 416 g/mol. The lowest BCUT2D eigenvalue weighted by Gasteiger charge is -2.34. The number of hydrogen-bond donors (Lipinski definition) is 0. The van der Waals surface area contributed by atoms with Crippen molar-refractivity contribution in [3.8, 4) is 16.9 Å². The van der Waals surface area contributed by atoms with Crippen LogP contribution in [0, 0.1) is 5.92 Å². The first-order chi connectivity index (χ1) is 14.5. The van der Waals surface area contributed by atoms with Crippen molar-refractivity contribution in [1.29, 1.82) is 0 Å². The molecule has 0 aromatic carbocycles. The molecule has 0 spiro atoms. The van der Waals surface area contributed by atoms with Crippen molar-refractivity contribution in [2.24, 2.45) is 5.92 Å². The van der Waals surface area contributed by atoms with Gasteiger partial charge in [-0.05, 0) is 30.9 Å². The van der Waals surface area contributed by atoms with Crippen molar-refractivity contribution in [3.63, 3.8) is 0 Å². The number of halogens is 2. The number of carbonyl (C=O) groups excluding carboxylic acids is 2. The number of ether oxygens (including phenoxy) is 1. The lowest BCUT2D eigenvalue weighted by molar-refractivity contribution is -0.121. The molecule has 1 aliphatic heterocycles. The van der Waals surface area contributed by atoms with Crippen LogP contribution in [0.5, 0.6) is 5.75 Å². The van der Waals surface area contributed by atoms with Gasteiger partial charge in [0.15, 0.2) is 6.29 Å². The molecule has 1 aliphatic carbocycles. The minimum absolute atomic E-state index is 0.0748. The van der Waals surface area contributed by atoms with Crippen LogP contribution in [0.15, 0.2) is 24.5 Å². The van der Waals surface area contributed by atoms with Crippen molar-refractivity contribution in [2.45, 2.75) is 19.3 Å². The first-order valence-corrected chi connectivity index (χ1v) is 9.80. The number of amides is 1. The molecule has 7 nitrogen and oxygen atoms in total. The van der Waals surface area contributed by atoms with Gasteiger partial charge < -0.3 is 4.74 Å². The number of piperazine rings is 1. The summed E-state index contributed by atoms with van der Waals surface area (Å²) in [7, 11) is 1.40. The number of rotatable bonds is 7. The van der Waals surface area contributed by atoms with Gasteiger partial charge in [0.2, 0.25) is 5.91 Å². The summed E-state index contributed by atoms with van der Waals surface area (Å²) >= 11 is 0. The van der Waals surface area contributed by atoms with Crippen molar-refractivity contribution < 1.29 is 23.1 Å². The second-order valence-corrected chi connectivity index (χ2v) is 7.58. The molecule has 0 atom stereocenters. The van der Waals surface area contributed by atoms with Crippen LogP contribution in [0.1, 0.15) is 35.3 Å². The maximum Gasteiger partial charge on any atom is 0.280 e. The van der Waals surface area contributed by atoms with Gasteiger partial charge in [-0.3, -0.25) is 24.4 Å². The van der Waals surface area contributed by atoms with E-state index in [-0.39, 0.29) is 17.2 Å². The maximum absolute atomic E-state index is 13.2. The predicted molar refractivity (Wildman–Crippen MR) is 106 cm³/mol. The number of nitrogens with zero attached hydrogens (tertiary/aromatic N) is 4. The zero-order chi connectivity index (χ0) is 21.3. The highest BCUT2D eigenvalue weighted by Crippen LogP contribution is 2.36. The summed E-state index contributed by atoms with van der Waals surface area (Å²) in [6, 6.07) is 2.77. The Bertz CT molecular complexity index is 965. The molecule has 0 bridgehead atoms. The van der Waals surface area contributed by atoms with Gasteiger partial charge >= 0.3 is 0 Å². The molecule has 0 N–H and O–H groups in total. The highest BCUT2D eigenvalue weighted by molar-refractivity contribution is 5.97. The lowest BCUT2D eigenvalue weighted by Crippen LogP contribution is -2.51. The van der Waals surface area contributed by atoms with E-state index in [1.54, 1.807) is 11.0 Å². The molecule has 1 saturated heterocycles. The summed E-state index contributed by atoms with van der Waals surface area (Å²) < 4.78 is 31.6. The minimum atomic E-state index is -2.77. The van der Waals surface area contributed by atoms with Crippen molar-refractivity contribution in [3.05, 3.63) is 35.8 Å². The number of aromatic nitrogens is 2. The molecule has 3 heterocycles. The zero-order valence-electron chi connectivity index (χ0n) is 16.6. The second kappa shape index (κ2) is 8.43. The van der Waals surface area contributed by atoms with E-state index in [1.807, 2.05) is 0 Å². The Kier molecular flexibility index (Phi) is 5.72. The highest BCUT2D eigenvalue weighted by Gasteiger charge is 2.31. The molecule has 1 amide bonds. The third kappa shape index (κ3) is 4.16. The van der Waals surface area contributed by atoms with Gasteiger partial charge in [0.05, 0.1) is 19.9 Å². The quantitative estimate of drug-likeness (QED) is 0.646. The SMILES string of the molecule is COc1cnc(C(F)F)cc1-c1cc(N2CCN(CC3CC3)CC2=O)ncc1C=O. The number of anilines is 1. The number of carbonyl (C=O) groups is 2. The molecular formula is C21H22F2N4O3. The Labute approximate surface area is 172 Å². The summed E-state index contributed by atoms with van der Waals surface area (Å²) in [5, 5.41) is 0. The van der Waals surface area contributed by atoms with Crippen LogP contribution in [-0.2, 0) is 4.79 Å². The summed E-state index contributed by atoms with van der Waals surface area (Å²) in [4.78, 5) is 36.0. The molecule has 9 heteroatoms. The number of alkyl halides is 2. The topological polar surface area (TPSA) is 75.6 Å². The number of methoxy groups -OCH3 is 1. The predicted octanol–water partition coefficient (Wildman–Crippen LogP) is 2.96. The van der Waals surface area contributed by atoms with Gasteiger partial charge in [0.1, 0.15) is 17.3 Å². The first-order valence-electron chi connectivity index (χ1n) is 9.80. The van der Waals surface area contributed by atoms with Gasteiger partial charge in [-0.1, -0.05) is 0 Å². The van der Waals surface area contributed by atoms with Gasteiger partial charge in [0.25, 0.3) is 6.43 Å². The van der Waals surface area contributed by atoms with Gasteiger partial charge in [0, 0.05) is 42.5 Å². The van der Waals surface area contributed by atoms with E-state index in [1.165, 1.54) is 38.4 Å². The zero-order valence-corrected chi connectivity index (χ0v) is 16.6. The second-order valence-electron chi connectivity index (χ2n) is 7.58. The molecule has 4 rings (SSSR count). The maximum atomic E-state index is 13.2. The van der Waals surface area contributed by atoms with E-state index in [4.69, 9.17) is 4.74 Å². The molecule has 2 aliphatic rings. The summed E-state index contributed by atoms with van der Waals surface area (Å²) in [6.07, 6.45) is 2.83.